The van der Waals surface area contributed by atoms with E-state index in [1.165, 1.54) is 18.2 Å². The first-order valence-electron chi connectivity index (χ1n) is 11.5. The molecule has 40 heavy (non-hydrogen) atoms. The smallest absolute Gasteiger partial charge is 0.411 e. The Kier molecular flexibility index (Phi) is 9.89. The van der Waals surface area contributed by atoms with E-state index in [4.69, 9.17) is 10.4 Å². The summed E-state index contributed by atoms with van der Waals surface area (Å²) in [5, 5.41) is 21.2. The number of oxime groups is 2. The molecule has 0 saturated heterocycles. The number of halogens is 3. The highest BCUT2D eigenvalue weighted by Gasteiger charge is 2.35. The third kappa shape index (κ3) is 6.78. The highest BCUT2D eigenvalue weighted by atomic mass is 31.2. The van der Waals surface area contributed by atoms with Gasteiger partial charge in [0.2, 0.25) is 11.6 Å². The van der Waals surface area contributed by atoms with Crippen molar-refractivity contribution in [3.8, 4) is 0 Å². The molecule has 0 aliphatic rings. The van der Waals surface area contributed by atoms with Gasteiger partial charge in [-0.1, -0.05) is 107 Å². The topological polar surface area (TPSA) is 116 Å². The van der Waals surface area contributed by atoms with Crippen LogP contribution in [0, 0.1) is 0 Å². The van der Waals surface area contributed by atoms with E-state index in [1.807, 2.05) is 0 Å². The van der Waals surface area contributed by atoms with Gasteiger partial charge in [-0.2, -0.15) is 13.2 Å². The molecule has 204 valence electrons. The first kappa shape index (κ1) is 29.7. The van der Waals surface area contributed by atoms with E-state index < -0.39 is 30.4 Å². The minimum absolute atomic E-state index is 0.110. The lowest BCUT2D eigenvalue weighted by Gasteiger charge is -2.22. The molecule has 0 unspecified atom stereocenters. The molecule has 7 nitrogen and oxygen atoms in total. The molecule has 0 atom stereocenters. The molecule has 0 aromatic heterocycles. The third-order valence-corrected chi connectivity index (χ3v) is 8.71. The fourth-order valence-corrected chi connectivity index (χ4v) is 6.64. The highest BCUT2D eigenvalue weighted by Crippen LogP contribution is 2.43. The van der Waals surface area contributed by atoms with Crippen LogP contribution >= 0.6 is 7.14 Å². The van der Waals surface area contributed by atoms with E-state index in [0.29, 0.717) is 16.7 Å². The van der Waals surface area contributed by atoms with E-state index in [0.717, 1.165) is 30.6 Å². The number of hydrogen-bond donors (Lipinski definition) is 2. The van der Waals surface area contributed by atoms with Crippen LogP contribution in [0.3, 0.4) is 0 Å². The Balaban J connectivity index is 0.000000663. The molecule has 2 N–H and O–H groups in total. The predicted molar refractivity (Wildman–Crippen MR) is 146 cm³/mol. The molecular formula is C29H22F3N2O5P. The average Bonchev–Trinajstić information content (AvgIpc) is 2.99. The van der Waals surface area contributed by atoms with Crippen molar-refractivity contribution >= 4 is 47.1 Å². The van der Waals surface area contributed by atoms with Crippen LogP contribution in [0.4, 0.5) is 13.2 Å². The van der Waals surface area contributed by atoms with Gasteiger partial charge in [0.25, 0.3) is 0 Å². The van der Waals surface area contributed by atoms with Crippen molar-refractivity contribution in [2.24, 2.45) is 10.3 Å². The second-order valence-corrected chi connectivity index (χ2v) is 10.8. The molecule has 4 rings (SSSR count). The van der Waals surface area contributed by atoms with E-state index >= 15 is 0 Å². The van der Waals surface area contributed by atoms with Crippen LogP contribution in [0.25, 0.3) is 0 Å². The second kappa shape index (κ2) is 13.3. The summed E-state index contributed by atoms with van der Waals surface area (Å²) in [4.78, 5) is 26.3. The quantitative estimate of drug-likeness (QED) is 0.0785. The molecule has 0 fully saturated rings. The van der Waals surface area contributed by atoms with Crippen molar-refractivity contribution in [2.75, 3.05) is 0 Å². The van der Waals surface area contributed by atoms with Gasteiger partial charge >= 0.3 is 6.18 Å². The van der Waals surface area contributed by atoms with Crippen LogP contribution in [-0.4, -0.2) is 34.4 Å². The summed E-state index contributed by atoms with van der Waals surface area (Å²) in [6, 6.07) is 26.9. The molecule has 4 aromatic carbocycles. The van der Waals surface area contributed by atoms with Crippen LogP contribution < -0.4 is 15.9 Å². The largest absolute Gasteiger partial charge is 0.416 e. The van der Waals surface area contributed by atoms with Gasteiger partial charge in [-0.05, 0) is 12.1 Å². The van der Waals surface area contributed by atoms with Crippen LogP contribution in [0.5, 0.6) is 0 Å². The Bertz CT molecular complexity index is 1520. The zero-order chi connectivity index (χ0) is 29.2. The monoisotopic (exact) mass is 566 g/mol. The van der Waals surface area contributed by atoms with Crippen molar-refractivity contribution in [2.45, 2.75) is 6.18 Å². The number of alkyl halides is 3. The fourth-order valence-electron chi connectivity index (χ4n) is 3.79. The maximum absolute atomic E-state index is 14.7. The van der Waals surface area contributed by atoms with E-state index in [1.54, 1.807) is 66.7 Å². The van der Waals surface area contributed by atoms with Gasteiger partial charge < -0.3 is 15.0 Å². The average molecular weight is 566 g/mol. The third-order valence-electron chi connectivity index (χ3n) is 5.59. The standard InChI is InChI=1S/C27H18F3O3P.C2H4N2O2/c28-27(29,30)20-11-9-10-19(18-20)25(31)26(32)23-16-7-8-17-24(23)34(33,21-12-3-1-4-13-21)22-14-5-2-6-15-22;5-3-1-2-4-6/h1-18H;1-2,5-6H. The van der Waals surface area contributed by atoms with Crippen molar-refractivity contribution in [3.05, 3.63) is 126 Å². The minimum atomic E-state index is -4.66. The van der Waals surface area contributed by atoms with Gasteiger partial charge in [0.1, 0.15) is 0 Å². The molecule has 0 bridgehead atoms. The number of carbonyl (C=O) groups excluding carboxylic acids is 2. The molecule has 0 aliphatic carbocycles. The summed E-state index contributed by atoms with van der Waals surface area (Å²) >= 11 is 0. The lowest BCUT2D eigenvalue weighted by Crippen LogP contribution is -2.30. The Morgan fingerprint density at radius 2 is 1.18 bits per heavy atom. The van der Waals surface area contributed by atoms with E-state index in [-0.39, 0.29) is 16.4 Å². The second-order valence-electron chi connectivity index (χ2n) is 8.06. The van der Waals surface area contributed by atoms with Crippen molar-refractivity contribution < 1.29 is 37.7 Å². The normalized spacial score (nSPS) is 11.7. The van der Waals surface area contributed by atoms with Crippen LogP contribution in [0.15, 0.2) is 120 Å². The number of ketones is 2. The summed E-state index contributed by atoms with van der Waals surface area (Å²) in [6.45, 7) is 0. The Morgan fingerprint density at radius 1 is 0.675 bits per heavy atom. The number of carbonyl (C=O) groups is 2. The fraction of sp³-hybridized carbons (Fsp3) is 0.0345. The SMILES string of the molecule is O=C(C(=O)c1ccccc1P(=O)(c1ccccc1)c1ccccc1)c1cccc(C(F)(F)F)c1.ON=CC=NO. The van der Waals surface area contributed by atoms with Gasteiger partial charge in [-0.15, -0.1) is 0 Å². The number of hydrogen-bond acceptors (Lipinski definition) is 7. The van der Waals surface area contributed by atoms with Gasteiger partial charge in [0.15, 0.2) is 7.14 Å². The van der Waals surface area contributed by atoms with Crippen molar-refractivity contribution in [1.29, 1.82) is 0 Å². The van der Waals surface area contributed by atoms with Gasteiger partial charge in [0.05, 0.1) is 18.0 Å². The molecule has 0 spiro atoms. The molecule has 4 aromatic rings. The number of benzene rings is 4. The zero-order valence-corrected chi connectivity index (χ0v) is 21.5. The highest BCUT2D eigenvalue weighted by molar-refractivity contribution is 7.85. The van der Waals surface area contributed by atoms with Crippen molar-refractivity contribution in [3.63, 3.8) is 0 Å². The Morgan fingerprint density at radius 3 is 1.68 bits per heavy atom. The van der Waals surface area contributed by atoms with Crippen LogP contribution in [-0.2, 0) is 10.7 Å². The molecule has 11 heteroatoms. The molecule has 0 saturated carbocycles. The van der Waals surface area contributed by atoms with Crippen molar-refractivity contribution in [1.82, 2.24) is 0 Å². The predicted octanol–water partition coefficient (Wildman–Crippen LogP) is 5.32. The molecule has 0 amide bonds. The summed E-state index contributed by atoms with van der Waals surface area (Å²) in [6.07, 6.45) is -2.77. The first-order chi connectivity index (χ1) is 19.1. The summed E-state index contributed by atoms with van der Waals surface area (Å²) in [7, 11) is -3.59. The maximum Gasteiger partial charge on any atom is 0.416 e. The van der Waals surface area contributed by atoms with Gasteiger partial charge in [-0.3, -0.25) is 9.59 Å². The number of Topliss-reactive ketones (excluding diaryl/α,β-unsaturated/α-hetero) is 2. The van der Waals surface area contributed by atoms with E-state index in [2.05, 4.69) is 10.3 Å². The van der Waals surface area contributed by atoms with Gasteiger partial charge in [0, 0.05) is 27.0 Å². The summed E-state index contributed by atoms with van der Waals surface area (Å²) < 4.78 is 54.0. The molecule has 0 radical (unpaired) electrons. The minimum Gasteiger partial charge on any atom is -0.411 e. The maximum atomic E-state index is 14.7. The lowest BCUT2D eigenvalue weighted by atomic mass is 10.00. The van der Waals surface area contributed by atoms with E-state index in [9.17, 15) is 27.3 Å². The Labute approximate surface area is 227 Å². The molecule has 0 aliphatic heterocycles. The summed E-state index contributed by atoms with van der Waals surface area (Å²) in [5.74, 6) is -2.13. The molecule has 0 heterocycles. The van der Waals surface area contributed by atoms with Gasteiger partial charge in [-0.25, -0.2) is 0 Å². The molecular weight excluding hydrogens is 544 g/mol. The number of rotatable bonds is 7. The lowest BCUT2D eigenvalue weighted by molar-refractivity contribution is -0.137. The zero-order valence-electron chi connectivity index (χ0n) is 20.6. The number of nitrogens with zero attached hydrogens (tertiary/aromatic N) is 2. The Hall–Kier alpha value is -4.82. The first-order valence-corrected chi connectivity index (χ1v) is 13.3. The van der Waals surface area contributed by atoms with Crippen LogP contribution in [0.2, 0.25) is 0 Å². The van der Waals surface area contributed by atoms with Crippen LogP contribution in [0.1, 0.15) is 26.3 Å². The summed E-state index contributed by atoms with van der Waals surface area (Å²) in [5.41, 5.74) is -1.52.